The first-order chi connectivity index (χ1) is 9.90. The van der Waals surface area contributed by atoms with Gasteiger partial charge in [0, 0.05) is 6.54 Å². The summed E-state index contributed by atoms with van der Waals surface area (Å²) in [6.07, 6.45) is -1.05. The van der Waals surface area contributed by atoms with Gasteiger partial charge < -0.3 is 5.32 Å². The average molecular weight is 321 g/mol. The van der Waals surface area contributed by atoms with E-state index < -0.39 is 11.9 Å². The molecule has 1 aliphatic rings. The Kier molecular flexibility index (Phi) is 5.62. The van der Waals surface area contributed by atoms with Crippen LogP contribution in [0.2, 0.25) is 0 Å². The Labute approximate surface area is 127 Å². The molecule has 2 heterocycles. The Hall–Kier alpha value is -0.660. The van der Waals surface area contributed by atoms with Crippen LogP contribution in [0.5, 0.6) is 0 Å². The topological polar surface area (TPSA) is 28.2 Å². The average Bonchev–Trinajstić information content (AvgIpc) is 2.79. The van der Waals surface area contributed by atoms with Crippen molar-refractivity contribution in [2.45, 2.75) is 38.9 Å². The van der Waals surface area contributed by atoms with Crippen LogP contribution in [-0.2, 0) is 12.7 Å². The van der Waals surface area contributed by atoms with Crippen molar-refractivity contribution in [2.24, 2.45) is 5.92 Å². The molecule has 0 aromatic carbocycles. The molecular formula is C14H22F3N3S. The summed E-state index contributed by atoms with van der Waals surface area (Å²) in [5.41, 5.74) is -0.692. The van der Waals surface area contributed by atoms with Crippen LogP contribution < -0.4 is 5.32 Å². The van der Waals surface area contributed by atoms with E-state index in [1.165, 1.54) is 11.3 Å². The van der Waals surface area contributed by atoms with Crippen LogP contribution in [0.1, 0.15) is 34.8 Å². The second kappa shape index (κ2) is 7.07. The van der Waals surface area contributed by atoms with Crippen LogP contribution in [0, 0.1) is 12.8 Å². The van der Waals surface area contributed by atoms with Gasteiger partial charge in [-0.15, -0.1) is 11.3 Å². The van der Waals surface area contributed by atoms with Crippen LogP contribution in [0.4, 0.5) is 13.2 Å². The lowest BCUT2D eigenvalue weighted by Crippen LogP contribution is -2.34. The zero-order chi connectivity index (χ0) is 15.5. The number of nitrogens with one attached hydrogen (secondary N) is 1. The fourth-order valence-corrected chi connectivity index (χ4v) is 3.78. The fourth-order valence-electron chi connectivity index (χ4n) is 2.78. The van der Waals surface area contributed by atoms with Gasteiger partial charge in [0.25, 0.3) is 0 Å². The molecule has 21 heavy (non-hydrogen) atoms. The summed E-state index contributed by atoms with van der Waals surface area (Å²) in [4.78, 5) is 6.14. The monoisotopic (exact) mass is 321 g/mol. The molecule has 7 heteroatoms. The molecule has 0 aliphatic carbocycles. The van der Waals surface area contributed by atoms with Crippen molar-refractivity contribution in [3.05, 3.63) is 15.6 Å². The molecular weight excluding hydrogens is 299 g/mol. The van der Waals surface area contributed by atoms with Gasteiger partial charge in [-0.1, -0.05) is 0 Å². The Morgan fingerprint density at radius 1 is 1.33 bits per heavy atom. The summed E-state index contributed by atoms with van der Waals surface area (Å²) in [6.45, 7) is 4.77. The largest absolute Gasteiger partial charge is 0.434 e. The molecule has 2 rings (SSSR count). The van der Waals surface area contributed by atoms with E-state index in [1.807, 2.05) is 7.05 Å². The number of halogens is 3. The Morgan fingerprint density at radius 2 is 2.00 bits per heavy atom. The summed E-state index contributed by atoms with van der Waals surface area (Å²) in [5.74, 6) is 0.694. The smallest absolute Gasteiger partial charge is 0.320 e. The van der Waals surface area contributed by atoms with Crippen LogP contribution in [-0.4, -0.2) is 36.6 Å². The second-order valence-corrected chi connectivity index (χ2v) is 6.90. The van der Waals surface area contributed by atoms with Gasteiger partial charge in [0.05, 0.1) is 9.88 Å². The molecule has 3 nitrogen and oxygen atoms in total. The third-order valence-corrected chi connectivity index (χ3v) is 4.91. The predicted octanol–water partition coefficient (Wildman–Crippen LogP) is 3.29. The fraction of sp³-hybridized carbons (Fsp3) is 0.786. The van der Waals surface area contributed by atoms with E-state index in [1.54, 1.807) is 6.92 Å². The van der Waals surface area contributed by atoms with Crippen molar-refractivity contribution in [1.29, 1.82) is 0 Å². The minimum Gasteiger partial charge on any atom is -0.320 e. The molecule has 1 aliphatic heterocycles. The predicted molar refractivity (Wildman–Crippen MR) is 78.4 cm³/mol. The number of piperidine rings is 1. The third-order valence-electron chi connectivity index (χ3n) is 3.95. The first kappa shape index (κ1) is 16.7. The number of hydrogen-bond acceptors (Lipinski definition) is 4. The molecule has 0 spiro atoms. The Morgan fingerprint density at radius 3 is 2.57 bits per heavy atom. The zero-order valence-electron chi connectivity index (χ0n) is 12.5. The van der Waals surface area contributed by atoms with Crippen molar-refractivity contribution in [1.82, 2.24) is 15.2 Å². The second-order valence-electron chi connectivity index (χ2n) is 5.61. The first-order valence-electron chi connectivity index (χ1n) is 7.30. The van der Waals surface area contributed by atoms with Gasteiger partial charge >= 0.3 is 6.18 Å². The number of aryl methyl sites for hydroxylation is 1. The van der Waals surface area contributed by atoms with E-state index in [0.717, 1.165) is 38.9 Å². The number of aromatic nitrogens is 1. The normalized spacial score (nSPS) is 18.3. The molecule has 1 N–H and O–H groups in total. The van der Waals surface area contributed by atoms with E-state index in [4.69, 9.17) is 0 Å². The van der Waals surface area contributed by atoms with Crippen LogP contribution in [0.25, 0.3) is 0 Å². The van der Waals surface area contributed by atoms with Crippen molar-refractivity contribution in [2.75, 3.05) is 26.7 Å². The lowest BCUT2D eigenvalue weighted by atomic mass is 9.93. The molecule has 1 aromatic heterocycles. The van der Waals surface area contributed by atoms with Crippen molar-refractivity contribution >= 4 is 11.3 Å². The van der Waals surface area contributed by atoms with E-state index in [9.17, 15) is 13.2 Å². The molecule has 1 aromatic rings. The molecule has 0 saturated carbocycles. The maximum Gasteiger partial charge on any atom is 0.434 e. The maximum atomic E-state index is 12.9. The van der Waals surface area contributed by atoms with Gasteiger partial charge in [0.2, 0.25) is 0 Å². The molecule has 1 saturated heterocycles. The lowest BCUT2D eigenvalue weighted by Gasteiger charge is -2.31. The lowest BCUT2D eigenvalue weighted by molar-refractivity contribution is -0.141. The van der Waals surface area contributed by atoms with Gasteiger partial charge in [-0.25, -0.2) is 4.98 Å². The van der Waals surface area contributed by atoms with Crippen LogP contribution in [0.15, 0.2) is 0 Å². The third kappa shape index (κ3) is 4.66. The number of hydrogen-bond donors (Lipinski definition) is 1. The van der Waals surface area contributed by atoms with E-state index in [0.29, 0.717) is 22.3 Å². The van der Waals surface area contributed by atoms with Gasteiger partial charge in [0.15, 0.2) is 5.69 Å². The quantitative estimate of drug-likeness (QED) is 0.902. The van der Waals surface area contributed by atoms with Gasteiger partial charge in [-0.05, 0) is 58.8 Å². The molecule has 0 bridgehead atoms. The van der Waals surface area contributed by atoms with Crippen molar-refractivity contribution in [3.63, 3.8) is 0 Å². The molecule has 1 fully saturated rings. The highest BCUT2D eigenvalue weighted by molar-refractivity contribution is 7.11. The summed E-state index contributed by atoms with van der Waals surface area (Å²) < 4.78 is 38.8. The number of thiazole rings is 1. The summed E-state index contributed by atoms with van der Waals surface area (Å²) >= 11 is 1.17. The molecule has 0 atom stereocenters. The van der Waals surface area contributed by atoms with Gasteiger partial charge in [-0.3, -0.25) is 4.90 Å². The highest BCUT2D eigenvalue weighted by Crippen LogP contribution is 2.35. The Bertz CT molecular complexity index is 451. The van der Waals surface area contributed by atoms with Crippen LogP contribution >= 0.6 is 11.3 Å². The summed E-state index contributed by atoms with van der Waals surface area (Å²) in [7, 11) is 1.94. The Balaban J connectivity index is 1.92. The van der Waals surface area contributed by atoms with Crippen LogP contribution in [0.3, 0.4) is 0 Å². The van der Waals surface area contributed by atoms with E-state index in [-0.39, 0.29) is 0 Å². The van der Waals surface area contributed by atoms with Gasteiger partial charge in [-0.2, -0.15) is 13.2 Å². The SMILES string of the molecule is CNCCC1CCN(Cc2sc(C)nc2C(F)(F)F)CC1. The number of alkyl halides is 3. The molecule has 0 amide bonds. The number of rotatable bonds is 5. The minimum atomic E-state index is -4.34. The summed E-state index contributed by atoms with van der Waals surface area (Å²) in [5, 5.41) is 3.63. The van der Waals surface area contributed by atoms with Crippen molar-refractivity contribution in [3.8, 4) is 0 Å². The minimum absolute atomic E-state index is 0.355. The molecule has 120 valence electrons. The highest BCUT2D eigenvalue weighted by atomic mass is 32.1. The highest BCUT2D eigenvalue weighted by Gasteiger charge is 2.37. The maximum absolute atomic E-state index is 12.9. The summed E-state index contributed by atoms with van der Waals surface area (Å²) in [6, 6.07) is 0. The first-order valence-corrected chi connectivity index (χ1v) is 8.12. The molecule has 0 unspecified atom stereocenters. The molecule has 0 radical (unpaired) electrons. The number of nitrogens with zero attached hydrogens (tertiary/aromatic N) is 2. The van der Waals surface area contributed by atoms with E-state index >= 15 is 0 Å². The number of likely N-dealkylation sites (tertiary alicyclic amines) is 1. The van der Waals surface area contributed by atoms with E-state index in [2.05, 4.69) is 15.2 Å². The van der Waals surface area contributed by atoms with Crippen molar-refractivity contribution < 1.29 is 13.2 Å². The van der Waals surface area contributed by atoms with Gasteiger partial charge in [0.1, 0.15) is 0 Å². The zero-order valence-corrected chi connectivity index (χ0v) is 13.3. The standard InChI is InChI=1S/C14H22F3N3S/c1-10-19-13(14(15,16)17)12(21-10)9-20-7-4-11(5-8-20)3-6-18-2/h11,18H,3-9H2,1-2H3.